The molecule has 0 saturated carbocycles. The topological polar surface area (TPSA) is 106 Å². The van der Waals surface area contributed by atoms with Gasteiger partial charge in [-0.3, -0.25) is 9.59 Å². The van der Waals surface area contributed by atoms with E-state index in [9.17, 15) is 0 Å². The summed E-state index contributed by atoms with van der Waals surface area (Å²) < 4.78 is 1.87. The van der Waals surface area contributed by atoms with E-state index in [1.165, 1.54) is 37.0 Å². The van der Waals surface area contributed by atoms with Gasteiger partial charge in [0, 0.05) is 26.3 Å². The molecule has 0 amide bonds. The second-order valence-electron chi connectivity index (χ2n) is 7.90. The van der Waals surface area contributed by atoms with Crippen LogP contribution in [0.2, 0.25) is 0 Å². The smallest absolute Gasteiger partial charge is 0.182 e. The molecule has 0 saturated heterocycles. The Balaban J connectivity index is 0.000000285. The Hall–Kier alpha value is -1.84. The fourth-order valence-corrected chi connectivity index (χ4v) is 4.36. The van der Waals surface area contributed by atoms with Crippen molar-refractivity contribution in [2.45, 2.75) is 40.0 Å². The van der Waals surface area contributed by atoms with Gasteiger partial charge in [0.1, 0.15) is 11.3 Å². The van der Waals surface area contributed by atoms with Crippen LogP contribution in [-0.2, 0) is 9.59 Å². The van der Waals surface area contributed by atoms with Crippen LogP contribution in [0.3, 0.4) is 0 Å². The van der Waals surface area contributed by atoms with Gasteiger partial charge in [-0.2, -0.15) is 5.10 Å². The molecule has 1 aliphatic carbocycles. The average molecular weight is 586 g/mol. The van der Waals surface area contributed by atoms with Crippen molar-refractivity contribution < 1.29 is 9.59 Å². The minimum Gasteiger partial charge on any atom is -0.385 e. The van der Waals surface area contributed by atoms with Gasteiger partial charge in [-0.05, 0) is 60.3 Å². The lowest BCUT2D eigenvalue weighted by atomic mass is 9.98. The summed E-state index contributed by atoms with van der Waals surface area (Å²) in [4.78, 5) is 24.1. The molecular formula is C23H36IN6O2P. The molecule has 0 spiro atoms. The van der Waals surface area contributed by atoms with Crippen LogP contribution in [0.5, 0.6) is 0 Å². The highest BCUT2D eigenvalue weighted by Crippen LogP contribution is 2.30. The number of hydrogen-bond acceptors (Lipinski definition) is 7. The number of nitrogens with one attached hydrogen (secondary N) is 1. The molecule has 2 aromatic heterocycles. The highest BCUT2D eigenvalue weighted by molar-refractivity contribution is 14.2. The summed E-state index contributed by atoms with van der Waals surface area (Å²) >= 11 is 2.27. The third-order valence-corrected chi connectivity index (χ3v) is 7.15. The van der Waals surface area contributed by atoms with Crippen molar-refractivity contribution in [3.63, 3.8) is 0 Å². The van der Waals surface area contributed by atoms with Crippen LogP contribution in [-0.4, -0.2) is 59.2 Å². The Labute approximate surface area is 211 Å². The van der Waals surface area contributed by atoms with Crippen molar-refractivity contribution in [2.75, 3.05) is 38.2 Å². The maximum atomic E-state index is 8.81. The number of pyridine rings is 1. The zero-order valence-corrected chi connectivity index (χ0v) is 23.3. The maximum absolute atomic E-state index is 8.81. The van der Waals surface area contributed by atoms with E-state index >= 15 is 0 Å². The first-order chi connectivity index (χ1) is 15.8. The molecule has 0 aromatic carbocycles. The van der Waals surface area contributed by atoms with Crippen molar-refractivity contribution in [3.8, 4) is 0 Å². The van der Waals surface area contributed by atoms with E-state index in [0.717, 1.165) is 29.1 Å². The second kappa shape index (κ2) is 15.9. The maximum Gasteiger partial charge on any atom is 0.182 e. The number of nitrogens with two attached hydrogens (primary N) is 1. The number of allylic oxidation sites excluding steroid dienone is 2. The average Bonchev–Trinajstić information content (AvgIpc) is 3.27. The van der Waals surface area contributed by atoms with Gasteiger partial charge >= 0.3 is 0 Å². The molecule has 2 aromatic rings. The first-order valence-electron chi connectivity index (χ1n) is 10.9. The first kappa shape index (κ1) is 29.2. The van der Waals surface area contributed by atoms with E-state index in [0.29, 0.717) is 12.2 Å². The Morgan fingerprint density at radius 3 is 2.55 bits per heavy atom. The molecule has 10 heteroatoms. The van der Waals surface area contributed by atoms with E-state index in [1.807, 2.05) is 17.7 Å². The molecule has 2 atom stereocenters. The van der Waals surface area contributed by atoms with Crippen LogP contribution >= 0.6 is 28.4 Å². The monoisotopic (exact) mass is 586 g/mol. The number of hydrogen-bond donors (Lipinski definition) is 2. The van der Waals surface area contributed by atoms with Gasteiger partial charge in [-0.15, -0.1) is 0 Å². The second-order valence-corrected chi connectivity index (χ2v) is 9.98. The summed E-state index contributed by atoms with van der Waals surface area (Å²) in [5.74, 6) is 1.34. The standard InChI is InChI=1S/C14H25N.C7H9IN5P.C2H2O2/c1-5-12(2)10-15(4)11-14-9-7-6-8-13(14)3;1-10-5-2-11-7(9)4-3-13(14-8)12-6(4)5;3-1-2-4/h8-9,12H,5-7,10-11H2,1-4H3;2-3,10,14H,1H3,(H2,9,11);1-2H. The van der Waals surface area contributed by atoms with E-state index in [1.54, 1.807) is 6.20 Å². The van der Waals surface area contributed by atoms with Crippen LogP contribution in [0.1, 0.15) is 40.0 Å². The summed E-state index contributed by atoms with van der Waals surface area (Å²) in [5, 5.41) is 8.35. The van der Waals surface area contributed by atoms with Crippen LogP contribution < -0.4 is 11.1 Å². The van der Waals surface area contributed by atoms with Gasteiger partial charge in [0.2, 0.25) is 0 Å². The zero-order chi connectivity index (χ0) is 24.8. The number of aldehydes is 2. The van der Waals surface area contributed by atoms with Gasteiger partial charge in [-0.1, -0.05) is 38.0 Å². The number of anilines is 2. The quantitative estimate of drug-likeness (QED) is 0.197. The zero-order valence-electron chi connectivity index (χ0n) is 20.1. The van der Waals surface area contributed by atoms with Crippen LogP contribution in [0, 0.1) is 5.92 Å². The van der Waals surface area contributed by atoms with Crippen LogP contribution in [0.15, 0.2) is 35.7 Å². The lowest BCUT2D eigenvalue weighted by Gasteiger charge is -2.23. The highest BCUT2D eigenvalue weighted by Gasteiger charge is 2.10. The summed E-state index contributed by atoms with van der Waals surface area (Å²) in [6, 6.07) is 0. The molecule has 0 fully saturated rings. The molecule has 0 radical (unpaired) electrons. The number of aromatic nitrogens is 3. The fraction of sp³-hybridized carbons (Fsp3) is 0.478. The number of fused-ring (bicyclic) bond motifs is 1. The number of carbonyl (C=O) groups is 2. The summed E-state index contributed by atoms with van der Waals surface area (Å²) in [7, 11) is 4.08. The van der Waals surface area contributed by atoms with Crippen molar-refractivity contribution >= 4 is 63.4 Å². The van der Waals surface area contributed by atoms with Gasteiger partial charge < -0.3 is 16.0 Å². The van der Waals surface area contributed by atoms with E-state index in [4.69, 9.17) is 15.3 Å². The summed E-state index contributed by atoms with van der Waals surface area (Å²) in [6.45, 7) is 9.16. The molecule has 182 valence electrons. The molecule has 8 nitrogen and oxygen atoms in total. The third kappa shape index (κ3) is 9.90. The number of rotatable bonds is 8. The van der Waals surface area contributed by atoms with Crippen molar-refractivity contribution in [1.82, 2.24) is 19.4 Å². The van der Waals surface area contributed by atoms with Gasteiger partial charge in [0.05, 0.1) is 23.6 Å². The summed E-state index contributed by atoms with van der Waals surface area (Å²) in [5.41, 5.74) is 10.6. The summed E-state index contributed by atoms with van der Waals surface area (Å²) in [6.07, 6.45) is 13.1. The van der Waals surface area contributed by atoms with E-state index < -0.39 is 0 Å². The largest absolute Gasteiger partial charge is 0.385 e. The first-order valence-corrected chi connectivity index (χ1v) is 15.0. The minimum absolute atomic E-state index is 0.194. The van der Waals surface area contributed by atoms with Crippen LogP contribution in [0.4, 0.5) is 11.5 Å². The van der Waals surface area contributed by atoms with Gasteiger partial charge in [-0.25, -0.2) is 9.44 Å². The van der Waals surface area contributed by atoms with E-state index in [2.05, 4.69) is 82.3 Å². The lowest BCUT2D eigenvalue weighted by Crippen LogP contribution is -2.26. The number of halogens is 1. The van der Waals surface area contributed by atoms with Crippen molar-refractivity contribution in [3.05, 3.63) is 35.7 Å². The van der Waals surface area contributed by atoms with Crippen molar-refractivity contribution in [2.24, 2.45) is 5.92 Å². The number of nitrogen functional groups attached to an aromatic ring is 1. The molecule has 0 bridgehead atoms. The predicted octanol–water partition coefficient (Wildman–Crippen LogP) is 4.86. The van der Waals surface area contributed by atoms with Crippen molar-refractivity contribution in [1.29, 1.82) is 0 Å². The molecule has 2 unspecified atom stereocenters. The molecule has 3 N–H and O–H groups in total. The number of nitrogens with zero attached hydrogens (tertiary/aromatic N) is 4. The molecule has 33 heavy (non-hydrogen) atoms. The fourth-order valence-electron chi connectivity index (χ4n) is 3.31. The Kier molecular flexibility index (Phi) is 14.1. The molecular weight excluding hydrogens is 550 g/mol. The Morgan fingerprint density at radius 1 is 1.33 bits per heavy atom. The van der Waals surface area contributed by atoms with Gasteiger partial charge in [0.25, 0.3) is 0 Å². The molecule has 0 aliphatic heterocycles. The predicted molar refractivity (Wildman–Crippen MR) is 149 cm³/mol. The normalized spacial score (nSPS) is 14.0. The number of carbonyl (C=O) groups excluding carboxylic acids is 2. The third-order valence-electron chi connectivity index (χ3n) is 5.26. The Morgan fingerprint density at radius 2 is 2.00 bits per heavy atom. The van der Waals surface area contributed by atoms with Crippen LogP contribution in [0.25, 0.3) is 10.9 Å². The van der Waals surface area contributed by atoms with Gasteiger partial charge in [0.15, 0.2) is 12.6 Å². The molecule has 3 rings (SSSR count). The molecule has 1 aliphatic rings. The highest BCUT2D eigenvalue weighted by atomic mass is 127. The lowest BCUT2D eigenvalue weighted by molar-refractivity contribution is -0.122. The Bertz CT molecular complexity index is 954. The molecule has 2 heterocycles. The van der Waals surface area contributed by atoms with E-state index in [-0.39, 0.29) is 12.6 Å². The number of likely N-dealkylation sites (N-methyl/N-ethyl adjacent to an activating group) is 1. The minimum atomic E-state index is 0.194. The SMILES string of the molecule is CCC(C)CN(C)CC1=CCCC=C1C.CNc1cnc(N)c2cn(PI)nc12.O=CC=O.